The van der Waals surface area contributed by atoms with E-state index in [1.165, 1.54) is 0 Å². The third-order valence-electron chi connectivity index (χ3n) is 2.55. The molecule has 0 aliphatic rings. The average molecular weight is 204 g/mol. The molecule has 0 radical (unpaired) electrons. The summed E-state index contributed by atoms with van der Waals surface area (Å²) in [5, 5.41) is 14.1. The van der Waals surface area contributed by atoms with E-state index in [2.05, 4.69) is 5.10 Å². The second-order valence-electron chi connectivity index (χ2n) is 3.41. The molecule has 0 saturated carbocycles. The highest BCUT2D eigenvalue weighted by atomic mass is 16.4. The number of aromatic nitrogens is 2. The fraction of sp³-hybridized carbons (Fsp3) is 0.273. The number of carbonyl (C=O) groups is 1. The Morgan fingerprint density at radius 3 is 2.87 bits per heavy atom. The van der Waals surface area contributed by atoms with Gasteiger partial charge in [0.05, 0.1) is 11.1 Å². The lowest BCUT2D eigenvalue weighted by atomic mass is 10.1. The van der Waals surface area contributed by atoms with Crippen molar-refractivity contribution >= 4 is 16.9 Å². The van der Waals surface area contributed by atoms with Crippen LogP contribution in [0.15, 0.2) is 18.2 Å². The summed E-state index contributed by atoms with van der Waals surface area (Å²) < 4.78 is 1.82. The van der Waals surface area contributed by atoms with Crippen molar-refractivity contribution in [2.45, 2.75) is 20.4 Å². The van der Waals surface area contributed by atoms with E-state index < -0.39 is 5.97 Å². The normalized spacial score (nSPS) is 10.8. The van der Waals surface area contributed by atoms with Crippen molar-refractivity contribution in [3.8, 4) is 0 Å². The van der Waals surface area contributed by atoms with Crippen molar-refractivity contribution in [1.29, 1.82) is 0 Å². The zero-order chi connectivity index (χ0) is 11.0. The van der Waals surface area contributed by atoms with Crippen LogP contribution in [0.4, 0.5) is 0 Å². The van der Waals surface area contributed by atoms with E-state index in [0.29, 0.717) is 5.56 Å². The first-order valence-corrected chi connectivity index (χ1v) is 4.84. The molecule has 0 aliphatic heterocycles. The van der Waals surface area contributed by atoms with Gasteiger partial charge < -0.3 is 5.11 Å². The average Bonchev–Trinajstić information content (AvgIpc) is 2.55. The summed E-state index contributed by atoms with van der Waals surface area (Å²) in [6.07, 6.45) is 0. The Balaban J connectivity index is 2.84. The van der Waals surface area contributed by atoms with Gasteiger partial charge in [-0.05, 0) is 26.0 Å². The molecule has 0 bridgehead atoms. The second-order valence-corrected chi connectivity index (χ2v) is 3.41. The zero-order valence-corrected chi connectivity index (χ0v) is 8.69. The van der Waals surface area contributed by atoms with Gasteiger partial charge in [-0.1, -0.05) is 6.07 Å². The molecule has 1 aromatic heterocycles. The van der Waals surface area contributed by atoms with E-state index >= 15 is 0 Å². The highest BCUT2D eigenvalue weighted by Gasteiger charge is 2.14. The minimum Gasteiger partial charge on any atom is -0.478 e. The van der Waals surface area contributed by atoms with Gasteiger partial charge in [0.25, 0.3) is 0 Å². The summed E-state index contributed by atoms with van der Waals surface area (Å²) in [7, 11) is 0. The van der Waals surface area contributed by atoms with Crippen LogP contribution < -0.4 is 0 Å². The molecule has 0 atom stereocenters. The molecule has 2 aromatic rings. The van der Waals surface area contributed by atoms with Gasteiger partial charge in [-0.3, -0.25) is 4.68 Å². The third-order valence-corrected chi connectivity index (χ3v) is 2.55. The highest BCUT2D eigenvalue weighted by Crippen LogP contribution is 2.22. The van der Waals surface area contributed by atoms with Gasteiger partial charge in [0.1, 0.15) is 0 Å². The Labute approximate surface area is 87.1 Å². The molecule has 0 fully saturated rings. The Kier molecular flexibility index (Phi) is 2.19. The second kappa shape index (κ2) is 3.38. The molecule has 2 rings (SSSR count). The number of rotatable bonds is 2. The van der Waals surface area contributed by atoms with Gasteiger partial charge in [-0.2, -0.15) is 5.10 Å². The Morgan fingerprint density at radius 1 is 1.53 bits per heavy atom. The summed E-state index contributed by atoms with van der Waals surface area (Å²) >= 11 is 0. The number of fused-ring (bicyclic) bond motifs is 1. The monoisotopic (exact) mass is 204 g/mol. The van der Waals surface area contributed by atoms with Gasteiger partial charge in [-0.25, -0.2) is 4.79 Å². The highest BCUT2D eigenvalue weighted by molar-refractivity contribution is 6.03. The summed E-state index contributed by atoms with van der Waals surface area (Å²) in [6, 6.07) is 5.17. The lowest BCUT2D eigenvalue weighted by Crippen LogP contribution is -1.99. The third kappa shape index (κ3) is 1.38. The zero-order valence-electron chi connectivity index (χ0n) is 8.69. The molecule has 15 heavy (non-hydrogen) atoms. The van der Waals surface area contributed by atoms with E-state index in [4.69, 9.17) is 5.11 Å². The Bertz CT molecular complexity index is 529. The molecule has 1 aromatic carbocycles. The lowest BCUT2D eigenvalue weighted by Gasteiger charge is -1.99. The van der Waals surface area contributed by atoms with Crippen molar-refractivity contribution in [2.24, 2.45) is 0 Å². The molecule has 4 heteroatoms. The number of hydrogen-bond donors (Lipinski definition) is 1. The van der Waals surface area contributed by atoms with Gasteiger partial charge in [0.2, 0.25) is 0 Å². The van der Waals surface area contributed by atoms with Crippen LogP contribution in [0.25, 0.3) is 10.9 Å². The first-order valence-electron chi connectivity index (χ1n) is 4.84. The van der Waals surface area contributed by atoms with E-state index in [-0.39, 0.29) is 0 Å². The first kappa shape index (κ1) is 9.71. The smallest absolute Gasteiger partial charge is 0.336 e. The minimum absolute atomic E-state index is 0.324. The largest absolute Gasteiger partial charge is 0.478 e. The number of carboxylic acids is 1. The summed E-state index contributed by atoms with van der Waals surface area (Å²) in [4.78, 5) is 11.0. The van der Waals surface area contributed by atoms with E-state index in [0.717, 1.165) is 23.1 Å². The lowest BCUT2D eigenvalue weighted by molar-refractivity contribution is 0.0699. The van der Waals surface area contributed by atoms with Crippen LogP contribution in [0.5, 0.6) is 0 Å². The van der Waals surface area contributed by atoms with Gasteiger partial charge in [0, 0.05) is 17.6 Å². The molecule has 0 spiro atoms. The van der Waals surface area contributed by atoms with Crippen LogP contribution >= 0.6 is 0 Å². The van der Waals surface area contributed by atoms with E-state index in [1.54, 1.807) is 12.1 Å². The molecule has 0 unspecified atom stereocenters. The SMILES string of the molecule is CCn1nc2cccc(C(=O)O)c2c1C. The summed E-state index contributed by atoms with van der Waals surface area (Å²) in [5.74, 6) is -0.903. The molecule has 78 valence electrons. The number of carboxylic acid groups (broad SMARTS) is 1. The molecule has 0 saturated heterocycles. The van der Waals surface area contributed by atoms with Crippen LogP contribution in [0.3, 0.4) is 0 Å². The van der Waals surface area contributed by atoms with Crippen LogP contribution in [0.1, 0.15) is 23.0 Å². The summed E-state index contributed by atoms with van der Waals surface area (Å²) in [6.45, 7) is 4.63. The number of aromatic carboxylic acids is 1. The number of hydrogen-bond acceptors (Lipinski definition) is 2. The van der Waals surface area contributed by atoms with Gasteiger partial charge >= 0.3 is 5.97 Å². The van der Waals surface area contributed by atoms with Crippen molar-refractivity contribution in [1.82, 2.24) is 9.78 Å². The number of aryl methyl sites for hydroxylation is 2. The Hall–Kier alpha value is -1.84. The number of benzene rings is 1. The maximum Gasteiger partial charge on any atom is 0.336 e. The molecule has 1 heterocycles. The molecule has 1 N–H and O–H groups in total. The van der Waals surface area contributed by atoms with Crippen LogP contribution in [0.2, 0.25) is 0 Å². The maximum absolute atomic E-state index is 11.0. The van der Waals surface area contributed by atoms with Crippen molar-refractivity contribution in [2.75, 3.05) is 0 Å². The van der Waals surface area contributed by atoms with Crippen molar-refractivity contribution in [3.05, 3.63) is 29.5 Å². The number of nitrogens with zero attached hydrogens (tertiary/aromatic N) is 2. The molecule has 0 aliphatic carbocycles. The Morgan fingerprint density at radius 2 is 2.27 bits per heavy atom. The predicted octanol–water partition coefficient (Wildman–Crippen LogP) is 2.06. The maximum atomic E-state index is 11.0. The van der Waals surface area contributed by atoms with Crippen LogP contribution in [-0.2, 0) is 6.54 Å². The van der Waals surface area contributed by atoms with Crippen molar-refractivity contribution in [3.63, 3.8) is 0 Å². The van der Waals surface area contributed by atoms with Gasteiger partial charge in [-0.15, -0.1) is 0 Å². The fourth-order valence-electron chi connectivity index (χ4n) is 1.82. The van der Waals surface area contributed by atoms with E-state index in [9.17, 15) is 4.79 Å². The van der Waals surface area contributed by atoms with E-state index in [1.807, 2.05) is 24.6 Å². The molecule has 4 nitrogen and oxygen atoms in total. The summed E-state index contributed by atoms with van der Waals surface area (Å²) in [5.41, 5.74) is 1.98. The topological polar surface area (TPSA) is 55.1 Å². The first-order chi connectivity index (χ1) is 7.15. The molecular weight excluding hydrogens is 192 g/mol. The fourth-order valence-corrected chi connectivity index (χ4v) is 1.82. The van der Waals surface area contributed by atoms with Crippen LogP contribution in [-0.4, -0.2) is 20.9 Å². The quantitative estimate of drug-likeness (QED) is 0.814. The molecular formula is C11H12N2O2. The predicted molar refractivity (Wildman–Crippen MR) is 57.1 cm³/mol. The minimum atomic E-state index is -0.903. The van der Waals surface area contributed by atoms with Crippen molar-refractivity contribution < 1.29 is 9.90 Å². The van der Waals surface area contributed by atoms with Gasteiger partial charge in [0.15, 0.2) is 0 Å². The molecule has 0 amide bonds. The standard InChI is InChI=1S/C11H12N2O2/c1-3-13-7(2)10-8(11(14)15)5-4-6-9(10)12-13/h4-6H,3H2,1-2H3,(H,14,15). The van der Waals surface area contributed by atoms with Crippen LogP contribution in [0, 0.1) is 6.92 Å².